The van der Waals surface area contributed by atoms with Crippen molar-refractivity contribution >= 4 is 11.4 Å². The van der Waals surface area contributed by atoms with Crippen molar-refractivity contribution in [3.63, 3.8) is 0 Å². The Morgan fingerprint density at radius 1 is 1.59 bits per heavy atom. The van der Waals surface area contributed by atoms with Crippen molar-refractivity contribution in [3.8, 4) is 0 Å². The van der Waals surface area contributed by atoms with E-state index in [9.17, 15) is 14.5 Å². The van der Waals surface area contributed by atoms with E-state index in [1.807, 2.05) is 0 Å². The van der Waals surface area contributed by atoms with Crippen molar-refractivity contribution in [1.82, 2.24) is 0 Å². The summed E-state index contributed by atoms with van der Waals surface area (Å²) in [5.74, 6) is -0.702. The van der Waals surface area contributed by atoms with Gasteiger partial charge in [-0.25, -0.2) is 4.39 Å². The lowest BCUT2D eigenvalue weighted by atomic mass is 10.2. The highest BCUT2D eigenvalue weighted by molar-refractivity contribution is 5.51. The molecule has 0 heterocycles. The average Bonchev–Trinajstić information content (AvgIpc) is 2.24. The first-order chi connectivity index (χ1) is 7.90. The van der Waals surface area contributed by atoms with Crippen molar-refractivity contribution in [1.29, 1.82) is 0 Å². The molecule has 0 aliphatic heterocycles. The summed E-state index contributed by atoms with van der Waals surface area (Å²) in [5.41, 5.74) is 5.48. The van der Waals surface area contributed by atoms with Crippen molar-refractivity contribution in [3.05, 3.63) is 34.1 Å². The van der Waals surface area contributed by atoms with Gasteiger partial charge in [-0.2, -0.15) is 0 Å². The smallest absolute Gasteiger partial charge is 0.274 e. The number of rotatable bonds is 5. The molecule has 94 valence electrons. The van der Waals surface area contributed by atoms with Crippen LogP contribution in [0.4, 0.5) is 15.8 Å². The molecule has 0 radical (unpaired) electrons. The second-order valence-corrected chi connectivity index (χ2v) is 3.74. The molecular formula is C10H14FN3O3. The van der Waals surface area contributed by atoms with E-state index < -0.39 is 22.9 Å². The molecule has 0 aliphatic carbocycles. The van der Waals surface area contributed by atoms with E-state index in [4.69, 9.17) is 10.8 Å². The zero-order valence-corrected chi connectivity index (χ0v) is 9.26. The number of non-ortho nitro benzene ring substituents is 1. The van der Waals surface area contributed by atoms with E-state index >= 15 is 0 Å². The number of hydrogen-bond donors (Lipinski definition) is 3. The molecule has 6 nitrogen and oxygen atoms in total. The second kappa shape index (κ2) is 5.55. The molecule has 1 aromatic carbocycles. The minimum atomic E-state index is -0.717. The molecule has 4 N–H and O–H groups in total. The van der Waals surface area contributed by atoms with Gasteiger partial charge in [0.2, 0.25) is 0 Å². The first kappa shape index (κ1) is 13.3. The molecule has 0 aliphatic rings. The van der Waals surface area contributed by atoms with Crippen molar-refractivity contribution < 1.29 is 14.4 Å². The molecule has 0 fully saturated rings. The summed E-state index contributed by atoms with van der Waals surface area (Å²) >= 11 is 0. The third-order valence-electron chi connectivity index (χ3n) is 2.25. The van der Waals surface area contributed by atoms with E-state index in [1.165, 1.54) is 13.0 Å². The van der Waals surface area contributed by atoms with Crippen LogP contribution < -0.4 is 11.1 Å². The van der Waals surface area contributed by atoms with Crippen LogP contribution >= 0.6 is 0 Å². The van der Waals surface area contributed by atoms with Gasteiger partial charge in [-0.05, 0) is 13.0 Å². The second-order valence-electron chi connectivity index (χ2n) is 3.74. The summed E-state index contributed by atoms with van der Waals surface area (Å²) < 4.78 is 13.0. The van der Waals surface area contributed by atoms with Gasteiger partial charge in [0.15, 0.2) is 0 Å². The van der Waals surface area contributed by atoms with Gasteiger partial charge < -0.3 is 16.2 Å². The average molecular weight is 243 g/mol. The van der Waals surface area contributed by atoms with Crippen molar-refractivity contribution in [2.24, 2.45) is 5.73 Å². The Balaban J connectivity index is 2.74. The summed E-state index contributed by atoms with van der Waals surface area (Å²) in [5, 5.41) is 22.4. The van der Waals surface area contributed by atoms with Crippen LogP contribution in [-0.2, 0) is 0 Å². The fourth-order valence-electron chi connectivity index (χ4n) is 1.19. The largest absolute Gasteiger partial charge is 0.392 e. The van der Waals surface area contributed by atoms with E-state index in [0.717, 1.165) is 12.1 Å². The third kappa shape index (κ3) is 3.97. The van der Waals surface area contributed by atoms with E-state index in [1.54, 1.807) is 0 Å². The number of anilines is 1. The Morgan fingerprint density at radius 2 is 2.24 bits per heavy atom. The predicted molar refractivity (Wildman–Crippen MR) is 61.2 cm³/mol. The Bertz CT molecular complexity index is 412. The number of nitro benzene ring substituents is 1. The van der Waals surface area contributed by atoms with Gasteiger partial charge in [-0.3, -0.25) is 10.1 Å². The van der Waals surface area contributed by atoms with Gasteiger partial charge >= 0.3 is 0 Å². The number of nitrogens with one attached hydrogen (secondary N) is 1. The topological polar surface area (TPSA) is 101 Å². The number of nitro groups is 1. The van der Waals surface area contributed by atoms with Crippen LogP contribution in [0.25, 0.3) is 0 Å². The van der Waals surface area contributed by atoms with Crippen LogP contribution in [-0.4, -0.2) is 28.7 Å². The van der Waals surface area contributed by atoms with Crippen LogP contribution in [0.5, 0.6) is 0 Å². The normalized spacial score (nSPS) is 14.1. The van der Waals surface area contributed by atoms with Gasteiger partial charge in [0.25, 0.3) is 5.69 Å². The monoisotopic (exact) mass is 243 g/mol. The molecular weight excluding hydrogens is 229 g/mol. The number of aliphatic hydroxyl groups is 1. The zero-order chi connectivity index (χ0) is 13.0. The molecule has 0 aromatic heterocycles. The van der Waals surface area contributed by atoms with Crippen LogP contribution in [0.3, 0.4) is 0 Å². The lowest BCUT2D eigenvalue weighted by Crippen LogP contribution is -2.38. The maximum absolute atomic E-state index is 13.0. The Morgan fingerprint density at radius 3 is 2.76 bits per heavy atom. The number of benzene rings is 1. The fraction of sp³-hybridized carbons (Fsp3) is 0.400. The Hall–Kier alpha value is -1.73. The molecule has 0 saturated carbocycles. The molecule has 0 amide bonds. The highest BCUT2D eigenvalue weighted by atomic mass is 19.1. The van der Waals surface area contributed by atoms with Crippen LogP contribution in [0.1, 0.15) is 6.92 Å². The lowest BCUT2D eigenvalue weighted by Gasteiger charge is -2.16. The molecule has 0 spiro atoms. The van der Waals surface area contributed by atoms with Crippen molar-refractivity contribution in [2.75, 3.05) is 11.9 Å². The highest BCUT2D eigenvalue weighted by Gasteiger charge is 2.12. The summed E-state index contributed by atoms with van der Waals surface area (Å²) in [6.07, 6.45) is -0.717. The minimum Gasteiger partial charge on any atom is -0.392 e. The molecule has 2 unspecified atom stereocenters. The summed E-state index contributed by atoms with van der Waals surface area (Å²) in [7, 11) is 0. The molecule has 0 saturated heterocycles. The number of nitrogens with two attached hydrogens (primary N) is 1. The van der Waals surface area contributed by atoms with Gasteiger partial charge in [-0.1, -0.05) is 0 Å². The maximum Gasteiger partial charge on any atom is 0.274 e. The molecule has 17 heavy (non-hydrogen) atoms. The van der Waals surface area contributed by atoms with Crippen LogP contribution in [0.2, 0.25) is 0 Å². The van der Waals surface area contributed by atoms with Crippen LogP contribution in [0, 0.1) is 15.9 Å². The summed E-state index contributed by atoms with van der Waals surface area (Å²) in [4.78, 5) is 9.82. The van der Waals surface area contributed by atoms with Gasteiger partial charge in [0, 0.05) is 24.3 Å². The summed E-state index contributed by atoms with van der Waals surface area (Å²) in [6, 6.07) is 2.64. The Kier molecular flexibility index (Phi) is 4.36. The fourth-order valence-corrected chi connectivity index (χ4v) is 1.19. The molecule has 2 atom stereocenters. The number of halogens is 1. The van der Waals surface area contributed by atoms with Gasteiger partial charge in [-0.15, -0.1) is 0 Å². The lowest BCUT2D eigenvalue weighted by molar-refractivity contribution is -0.385. The molecule has 1 rings (SSSR count). The predicted octanol–water partition coefficient (Wildman–Crippen LogP) is 0.854. The molecule has 0 bridgehead atoms. The van der Waals surface area contributed by atoms with Gasteiger partial charge in [0.1, 0.15) is 5.82 Å². The molecule has 7 heteroatoms. The van der Waals surface area contributed by atoms with Crippen LogP contribution in [0.15, 0.2) is 18.2 Å². The first-order valence-corrected chi connectivity index (χ1v) is 5.02. The number of nitrogens with zero attached hydrogens (tertiary/aromatic N) is 1. The SMILES string of the molecule is CC(O)C(N)CNc1cc(F)cc([N+](=O)[O-])c1. The third-order valence-corrected chi connectivity index (χ3v) is 2.25. The minimum absolute atomic E-state index is 0.193. The zero-order valence-electron chi connectivity index (χ0n) is 9.26. The summed E-state index contributed by atoms with van der Waals surface area (Å²) in [6.45, 7) is 1.72. The number of hydrogen-bond acceptors (Lipinski definition) is 5. The van der Waals surface area contributed by atoms with E-state index in [-0.39, 0.29) is 17.9 Å². The van der Waals surface area contributed by atoms with E-state index in [0.29, 0.717) is 0 Å². The van der Waals surface area contributed by atoms with Crippen molar-refractivity contribution in [2.45, 2.75) is 19.1 Å². The standard InChI is InChI=1S/C10H14FN3O3/c1-6(15)10(12)5-13-8-2-7(11)3-9(4-8)14(16)17/h2-4,6,10,13,15H,5,12H2,1H3. The first-order valence-electron chi connectivity index (χ1n) is 5.02. The Labute approximate surface area is 97.4 Å². The number of aliphatic hydroxyl groups excluding tert-OH is 1. The van der Waals surface area contributed by atoms with E-state index in [2.05, 4.69) is 5.32 Å². The van der Waals surface area contributed by atoms with Gasteiger partial charge in [0.05, 0.1) is 17.1 Å². The quantitative estimate of drug-likeness (QED) is 0.525. The highest BCUT2D eigenvalue weighted by Crippen LogP contribution is 2.19. The molecule has 1 aromatic rings. The maximum atomic E-state index is 13.0.